The first kappa shape index (κ1) is 12.0. The fraction of sp³-hybridized carbons (Fsp3) is 1.00. The summed E-state index contributed by atoms with van der Waals surface area (Å²) in [6.45, 7) is 9.12. The van der Waals surface area contributed by atoms with Crippen molar-refractivity contribution in [2.45, 2.75) is 65.0 Å². The molecule has 0 radical (unpaired) electrons. The van der Waals surface area contributed by atoms with Crippen LogP contribution in [-0.2, 0) is 0 Å². The van der Waals surface area contributed by atoms with Crippen LogP contribution in [0.3, 0.4) is 0 Å². The monoisotopic (exact) mass is 237 g/mol. The third kappa shape index (κ3) is 1.19. The van der Waals surface area contributed by atoms with Gasteiger partial charge in [0, 0.05) is 6.04 Å². The molecule has 2 nitrogen and oxygen atoms in total. The van der Waals surface area contributed by atoms with E-state index in [0.717, 1.165) is 18.3 Å². The van der Waals surface area contributed by atoms with E-state index in [4.69, 9.17) is 5.73 Å². The topological polar surface area (TPSA) is 46.2 Å². The van der Waals surface area contributed by atoms with Crippen LogP contribution < -0.4 is 5.73 Å². The Hall–Kier alpha value is -0.0800. The smallest absolute Gasteiger partial charge is 0.0803 e. The Kier molecular flexibility index (Phi) is 2.17. The molecule has 17 heavy (non-hydrogen) atoms. The van der Waals surface area contributed by atoms with Crippen LogP contribution in [-0.4, -0.2) is 16.7 Å². The van der Waals surface area contributed by atoms with Crippen LogP contribution in [0.4, 0.5) is 0 Å². The average Bonchev–Trinajstić information content (AvgIpc) is 2.61. The van der Waals surface area contributed by atoms with Crippen LogP contribution >= 0.6 is 0 Å². The van der Waals surface area contributed by atoms with E-state index >= 15 is 0 Å². The van der Waals surface area contributed by atoms with Crippen molar-refractivity contribution in [2.24, 2.45) is 34.3 Å². The van der Waals surface area contributed by atoms with E-state index < -0.39 is 5.60 Å². The molecule has 3 saturated carbocycles. The van der Waals surface area contributed by atoms with Crippen molar-refractivity contribution >= 4 is 0 Å². The third-order valence-corrected chi connectivity index (χ3v) is 7.00. The summed E-state index contributed by atoms with van der Waals surface area (Å²) in [5.41, 5.74) is 6.34. The van der Waals surface area contributed by atoms with Crippen molar-refractivity contribution < 1.29 is 5.11 Å². The summed E-state index contributed by atoms with van der Waals surface area (Å²) >= 11 is 0. The number of hydrogen-bond donors (Lipinski definition) is 2. The molecule has 3 fully saturated rings. The van der Waals surface area contributed by atoms with Crippen molar-refractivity contribution in [2.75, 3.05) is 0 Å². The largest absolute Gasteiger partial charge is 0.388 e. The van der Waals surface area contributed by atoms with Gasteiger partial charge in [-0.05, 0) is 61.2 Å². The van der Waals surface area contributed by atoms with Gasteiger partial charge in [-0.1, -0.05) is 20.8 Å². The highest BCUT2D eigenvalue weighted by Gasteiger charge is 2.69. The Bertz CT molecular complexity index is 349. The summed E-state index contributed by atoms with van der Waals surface area (Å²) in [5, 5.41) is 10.8. The Morgan fingerprint density at radius 1 is 1.06 bits per heavy atom. The van der Waals surface area contributed by atoms with Gasteiger partial charge < -0.3 is 10.8 Å². The molecule has 3 N–H and O–H groups in total. The zero-order valence-electron chi connectivity index (χ0n) is 11.7. The van der Waals surface area contributed by atoms with Crippen LogP contribution in [0.1, 0.15) is 53.4 Å². The molecule has 6 atom stereocenters. The lowest BCUT2D eigenvalue weighted by molar-refractivity contribution is -0.0862. The van der Waals surface area contributed by atoms with Crippen LogP contribution in [0.2, 0.25) is 0 Å². The van der Waals surface area contributed by atoms with Crippen LogP contribution in [0, 0.1) is 28.6 Å². The summed E-state index contributed by atoms with van der Waals surface area (Å²) < 4.78 is 0. The van der Waals surface area contributed by atoms with Gasteiger partial charge >= 0.3 is 0 Å². The summed E-state index contributed by atoms with van der Waals surface area (Å²) in [6.07, 6.45) is 4.93. The SMILES string of the molecule is C[C@@H]1CC[C@H]2C(C)(C)[C@H]3C[C@@]12C[C@H](N)[C@]3(C)O. The lowest BCUT2D eigenvalue weighted by Gasteiger charge is -2.48. The number of fused-ring (bicyclic) bond motifs is 1. The van der Waals surface area contributed by atoms with Crippen molar-refractivity contribution in [3.63, 3.8) is 0 Å². The summed E-state index contributed by atoms with van der Waals surface area (Å²) in [5.74, 6) is 1.94. The molecule has 3 rings (SSSR count). The Labute approximate surface area is 105 Å². The van der Waals surface area contributed by atoms with Gasteiger partial charge in [0.05, 0.1) is 5.60 Å². The van der Waals surface area contributed by atoms with Gasteiger partial charge in [-0.15, -0.1) is 0 Å². The normalized spacial score (nSPS) is 60.4. The van der Waals surface area contributed by atoms with Crippen LogP contribution in [0.5, 0.6) is 0 Å². The quantitative estimate of drug-likeness (QED) is 0.680. The molecule has 3 aliphatic rings. The molecule has 0 aliphatic heterocycles. The zero-order valence-corrected chi connectivity index (χ0v) is 11.7. The molecule has 0 unspecified atom stereocenters. The third-order valence-electron chi connectivity index (χ3n) is 7.00. The number of aliphatic hydroxyl groups is 1. The van der Waals surface area contributed by atoms with Crippen molar-refractivity contribution in [1.82, 2.24) is 0 Å². The molecule has 1 spiro atoms. The standard InChI is InChI=1S/C15H27NO/c1-9-5-6-10-13(2,3)11-7-15(9,10)8-12(16)14(11,4)17/h9-12,17H,5-8,16H2,1-4H3/t9-,10+,11-,12+,14-,15-/m1/s1. The predicted molar refractivity (Wildman–Crippen MR) is 69.4 cm³/mol. The van der Waals surface area contributed by atoms with Gasteiger partial charge in [0.2, 0.25) is 0 Å². The highest BCUT2D eigenvalue weighted by Crippen LogP contribution is 2.72. The highest BCUT2D eigenvalue weighted by molar-refractivity contribution is 5.20. The van der Waals surface area contributed by atoms with Crippen molar-refractivity contribution in [3.8, 4) is 0 Å². The van der Waals surface area contributed by atoms with E-state index in [1.807, 2.05) is 6.92 Å². The highest BCUT2D eigenvalue weighted by atomic mass is 16.3. The first-order valence-electron chi connectivity index (χ1n) is 7.21. The minimum atomic E-state index is -0.668. The van der Waals surface area contributed by atoms with Crippen molar-refractivity contribution in [1.29, 1.82) is 0 Å². The molecule has 2 bridgehead atoms. The molecule has 98 valence electrons. The van der Waals surface area contributed by atoms with E-state index in [-0.39, 0.29) is 11.5 Å². The van der Waals surface area contributed by atoms with E-state index in [0.29, 0.717) is 11.3 Å². The number of nitrogens with two attached hydrogens (primary N) is 1. The Morgan fingerprint density at radius 3 is 2.35 bits per heavy atom. The minimum Gasteiger partial charge on any atom is -0.388 e. The second kappa shape index (κ2) is 3.08. The minimum absolute atomic E-state index is 0.0360. The lowest BCUT2D eigenvalue weighted by atomic mass is 9.62. The van der Waals surface area contributed by atoms with Gasteiger partial charge in [0.1, 0.15) is 0 Å². The van der Waals surface area contributed by atoms with Gasteiger partial charge in [-0.2, -0.15) is 0 Å². The summed E-state index contributed by atoms with van der Waals surface area (Å²) in [7, 11) is 0. The molecule has 0 heterocycles. The van der Waals surface area contributed by atoms with Gasteiger partial charge in [-0.3, -0.25) is 0 Å². The van der Waals surface area contributed by atoms with Crippen LogP contribution in [0.25, 0.3) is 0 Å². The number of hydrogen-bond acceptors (Lipinski definition) is 2. The number of rotatable bonds is 0. The van der Waals surface area contributed by atoms with E-state index in [2.05, 4.69) is 20.8 Å². The fourth-order valence-corrected chi connectivity index (χ4v) is 5.94. The molecule has 0 aromatic rings. The summed E-state index contributed by atoms with van der Waals surface area (Å²) in [6, 6.07) is -0.0360. The van der Waals surface area contributed by atoms with Gasteiger partial charge in [-0.25, -0.2) is 0 Å². The van der Waals surface area contributed by atoms with E-state index in [9.17, 15) is 5.11 Å². The molecular weight excluding hydrogens is 210 g/mol. The van der Waals surface area contributed by atoms with Crippen molar-refractivity contribution in [3.05, 3.63) is 0 Å². The predicted octanol–water partition coefficient (Wildman–Crippen LogP) is 2.55. The fourth-order valence-electron chi connectivity index (χ4n) is 5.94. The first-order chi connectivity index (χ1) is 7.73. The maximum atomic E-state index is 10.8. The Balaban J connectivity index is 2.10. The molecule has 3 aliphatic carbocycles. The van der Waals surface area contributed by atoms with Crippen LogP contribution in [0.15, 0.2) is 0 Å². The molecule has 2 heteroatoms. The molecule has 0 amide bonds. The maximum absolute atomic E-state index is 10.8. The second-order valence-corrected chi connectivity index (χ2v) is 7.88. The second-order valence-electron chi connectivity index (χ2n) is 7.88. The molecule has 0 aromatic heterocycles. The van der Waals surface area contributed by atoms with Gasteiger partial charge in [0.15, 0.2) is 0 Å². The first-order valence-corrected chi connectivity index (χ1v) is 7.21. The zero-order chi connectivity index (χ0) is 12.6. The molecule has 0 aromatic carbocycles. The average molecular weight is 237 g/mol. The molecule has 0 saturated heterocycles. The summed E-state index contributed by atoms with van der Waals surface area (Å²) in [4.78, 5) is 0. The van der Waals surface area contributed by atoms with E-state index in [1.165, 1.54) is 19.3 Å². The lowest BCUT2D eigenvalue weighted by Crippen LogP contribution is -2.57. The van der Waals surface area contributed by atoms with Gasteiger partial charge in [0.25, 0.3) is 0 Å². The van der Waals surface area contributed by atoms with E-state index in [1.54, 1.807) is 0 Å². The molecular formula is C15H27NO. The maximum Gasteiger partial charge on any atom is 0.0803 e. The Morgan fingerprint density at radius 2 is 1.71 bits per heavy atom.